The fraction of sp³-hybridized carbons (Fsp3) is 0.550. The largest absolute Gasteiger partial charge is 0.309 e. The number of nitrogens with zero attached hydrogens (tertiary/aromatic N) is 1. The number of nitrogens with one attached hydrogen (secondary N) is 1. The molecule has 134 valence electrons. The van der Waals surface area contributed by atoms with Crippen LogP contribution >= 0.6 is 12.4 Å². The van der Waals surface area contributed by atoms with Crippen molar-refractivity contribution in [2.45, 2.75) is 44.6 Å². The molecule has 4 nitrogen and oxygen atoms in total. The number of benzene rings is 1. The van der Waals surface area contributed by atoms with Crippen LogP contribution in [0.4, 0.5) is 5.69 Å². The molecule has 0 aromatic heterocycles. The van der Waals surface area contributed by atoms with Gasteiger partial charge in [-0.15, -0.1) is 17.1 Å². The summed E-state index contributed by atoms with van der Waals surface area (Å²) in [5.74, 6) is 0.938. The second-order valence-corrected chi connectivity index (χ2v) is 7.85. The zero-order valence-electron chi connectivity index (χ0n) is 14.6. The Balaban J connectivity index is 0.00000157. The third-order valence-corrected chi connectivity index (χ3v) is 6.70. The smallest absolute Gasteiger partial charge is 0.174 e. The van der Waals surface area contributed by atoms with Crippen molar-refractivity contribution in [2.75, 3.05) is 13.1 Å². The van der Waals surface area contributed by atoms with Crippen LogP contribution in [0.2, 0.25) is 0 Å². The van der Waals surface area contributed by atoms with Gasteiger partial charge < -0.3 is 5.32 Å². The number of quaternary nitrogens is 1. The first-order valence-electron chi connectivity index (χ1n) is 9.36. The minimum Gasteiger partial charge on any atom is -0.309 e. The number of hydrogen-bond donors (Lipinski definition) is 2. The van der Waals surface area contributed by atoms with Gasteiger partial charge in [0.25, 0.3) is 0 Å². The summed E-state index contributed by atoms with van der Waals surface area (Å²) < 4.78 is -0.132. The minimum absolute atomic E-state index is 0. The van der Waals surface area contributed by atoms with Crippen molar-refractivity contribution in [3.05, 3.63) is 41.1 Å². The number of carbonyl (C=O) groups is 1. The topological polar surface area (TPSA) is 49.3 Å². The molecule has 2 N–H and O–H groups in total. The van der Waals surface area contributed by atoms with Crippen molar-refractivity contribution in [2.24, 2.45) is 11.8 Å². The minimum atomic E-state index is -0.208. The van der Waals surface area contributed by atoms with Crippen LogP contribution in [0.1, 0.15) is 44.1 Å². The van der Waals surface area contributed by atoms with E-state index in [9.17, 15) is 10.0 Å². The lowest BCUT2D eigenvalue weighted by Crippen LogP contribution is -2.61. The molecule has 0 bridgehead atoms. The first-order valence-corrected chi connectivity index (χ1v) is 9.36. The molecule has 4 aliphatic rings. The molecule has 1 aromatic rings. The van der Waals surface area contributed by atoms with Gasteiger partial charge >= 0.3 is 0 Å². The van der Waals surface area contributed by atoms with E-state index >= 15 is 0 Å². The number of hydrogen-bond acceptors (Lipinski definition) is 3. The van der Waals surface area contributed by atoms with Crippen LogP contribution < -0.4 is 9.96 Å². The SMILES string of the molecule is CCNC1C[N+]2(O)C3=C4C(CCCC41)CC(=O)C3c1ccccc12.Cl. The van der Waals surface area contributed by atoms with Gasteiger partial charge in [-0.2, -0.15) is 0 Å². The summed E-state index contributed by atoms with van der Waals surface area (Å²) >= 11 is 0. The van der Waals surface area contributed by atoms with Crippen LogP contribution in [0, 0.1) is 11.8 Å². The molecule has 5 heteroatoms. The highest BCUT2D eigenvalue weighted by Crippen LogP contribution is 2.59. The van der Waals surface area contributed by atoms with Crippen LogP contribution in [0.25, 0.3) is 0 Å². The van der Waals surface area contributed by atoms with Crippen LogP contribution in [0.5, 0.6) is 0 Å². The maximum absolute atomic E-state index is 12.9. The van der Waals surface area contributed by atoms with E-state index in [1.807, 2.05) is 24.3 Å². The Bertz CT molecular complexity index is 762. The molecule has 5 atom stereocenters. The van der Waals surface area contributed by atoms with E-state index in [1.54, 1.807) is 0 Å². The van der Waals surface area contributed by atoms with Gasteiger partial charge in [0.2, 0.25) is 0 Å². The number of carbonyl (C=O) groups excluding carboxylic acids is 1. The van der Waals surface area contributed by atoms with E-state index in [0.29, 0.717) is 36.6 Å². The van der Waals surface area contributed by atoms with Gasteiger partial charge in [-0.1, -0.05) is 31.5 Å². The van der Waals surface area contributed by atoms with Gasteiger partial charge in [-0.05, 0) is 30.9 Å². The second-order valence-electron chi connectivity index (χ2n) is 7.85. The summed E-state index contributed by atoms with van der Waals surface area (Å²) in [7, 11) is 0. The van der Waals surface area contributed by atoms with Gasteiger partial charge in [-0.25, -0.2) is 5.21 Å². The van der Waals surface area contributed by atoms with Crippen LogP contribution in [0.15, 0.2) is 35.5 Å². The normalized spacial score (nSPS) is 38.1. The monoisotopic (exact) mass is 361 g/mol. The average molecular weight is 362 g/mol. The van der Waals surface area contributed by atoms with Crippen molar-refractivity contribution in [1.29, 1.82) is 0 Å². The Hall–Kier alpha value is -1.20. The summed E-state index contributed by atoms with van der Waals surface area (Å²) in [4.78, 5) is 12.9. The molecule has 1 aromatic carbocycles. The number of likely N-dealkylation sites (N-methyl/N-ethyl adjacent to an activating group) is 1. The maximum Gasteiger partial charge on any atom is 0.174 e. The first kappa shape index (κ1) is 17.2. The van der Waals surface area contributed by atoms with E-state index in [-0.39, 0.29) is 23.0 Å². The molecule has 1 fully saturated rings. The number of halogens is 1. The van der Waals surface area contributed by atoms with Crippen molar-refractivity contribution < 1.29 is 10.0 Å². The molecule has 25 heavy (non-hydrogen) atoms. The number of ketones is 1. The van der Waals surface area contributed by atoms with Gasteiger partial charge in [0.15, 0.2) is 17.2 Å². The standard InChI is InChI=1S/C20H25N2O2.ClH/c1-2-21-15-11-22(24)16-9-4-3-7-14(16)19-17(23)10-12-6-5-8-13(15)18(12)20(19)22;/h3-4,7,9,12-13,15,19,21,24H,2,5-6,8,10-11H2,1H3;1H/q+1;. The third-order valence-electron chi connectivity index (χ3n) is 6.70. The quantitative estimate of drug-likeness (QED) is 0.792. The van der Waals surface area contributed by atoms with Crippen molar-refractivity contribution in [1.82, 2.24) is 9.96 Å². The Labute approximate surface area is 154 Å². The predicted molar refractivity (Wildman–Crippen MR) is 99.8 cm³/mol. The molecule has 2 aliphatic carbocycles. The highest BCUT2D eigenvalue weighted by atomic mass is 35.5. The van der Waals surface area contributed by atoms with E-state index < -0.39 is 0 Å². The highest BCUT2D eigenvalue weighted by Gasteiger charge is 2.62. The Morgan fingerprint density at radius 3 is 2.88 bits per heavy atom. The molecule has 2 aliphatic heterocycles. The number of Topliss-reactive ketones (excluding diaryl/α,β-unsaturated/α-hetero) is 1. The average Bonchev–Trinajstić information content (AvgIpc) is 2.85. The number of fused-ring (bicyclic) bond motifs is 3. The van der Waals surface area contributed by atoms with Crippen molar-refractivity contribution in [3.63, 3.8) is 0 Å². The maximum atomic E-state index is 12.9. The molecule has 5 unspecified atom stereocenters. The Kier molecular flexibility index (Phi) is 4.08. The molecule has 0 radical (unpaired) electrons. The number of allylic oxidation sites excluding steroid dienone is 1. The number of rotatable bonds is 2. The third kappa shape index (κ3) is 2.15. The van der Waals surface area contributed by atoms with Crippen molar-refractivity contribution >= 4 is 23.9 Å². The van der Waals surface area contributed by atoms with Crippen LogP contribution in [0.3, 0.4) is 0 Å². The van der Waals surface area contributed by atoms with Crippen molar-refractivity contribution in [3.8, 4) is 0 Å². The lowest BCUT2D eigenvalue weighted by Gasteiger charge is -2.47. The van der Waals surface area contributed by atoms with Gasteiger partial charge in [0, 0.05) is 24.0 Å². The highest BCUT2D eigenvalue weighted by molar-refractivity contribution is 5.95. The lowest BCUT2D eigenvalue weighted by molar-refractivity contribution is -0.124. The summed E-state index contributed by atoms with van der Waals surface area (Å²) in [6.45, 7) is 3.69. The molecule has 0 saturated heterocycles. The van der Waals surface area contributed by atoms with E-state index in [2.05, 4.69) is 12.2 Å². The molecule has 1 saturated carbocycles. The summed E-state index contributed by atoms with van der Waals surface area (Å²) in [6.07, 6.45) is 4.14. The zero-order chi connectivity index (χ0) is 16.5. The molecular formula is C20H26ClN2O2+. The number of hydroxylamine groups is 2. The second kappa shape index (κ2) is 5.92. The molecule has 5 rings (SSSR count). The number of para-hydroxylation sites is 1. The van der Waals surface area contributed by atoms with Crippen LogP contribution in [-0.4, -0.2) is 30.1 Å². The zero-order valence-corrected chi connectivity index (χ0v) is 15.4. The predicted octanol–water partition coefficient (Wildman–Crippen LogP) is 3.54. The first-order chi connectivity index (χ1) is 11.6. The summed E-state index contributed by atoms with van der Waals surface area (Å²) in [6, 6.07) is 8.32. The molecule has 0 spiro atoms. The van der Waals surface area contributed by atoms with Gasteiger partial charge in [-0.3, -0.25) is 4.79 Å². The Morgan fingerprint density at radius 2 is 2.08 bits per heavy atom. The fourth-order valence-electron chi connectivity index (χ4n) is 5.93. The summed E-state index contributed by atoms with van der Waals surface area (Å²) in [5.41, 5.74) is 4.40. The van der Waals surface area contributed by atoms with E-state index in [1.165, 1.54) is 18.4 Å². The van der Waals surface area contributed by atoms with Crippen LogP contribution in [-0.2, 0) is 4.79 Å². The fourth-order valence-corrected chi connectivity index (χ4v) is 5.93. The van der Waals surface area contributed by atoms with E-state index in [0.717, 1.165) is 29.9 Å². The summed E-state index contributed by atoms with van der Waals surface area (Å²) in [5, 5.41) is 15.4. The van der Waals surface area contributed by atoms with E-state index in [4.69, 9.17) is 0 Å². The Morgan fingerprint density at radius 1 is 1.28 bits per heavy atom. The molecule has 0 amide bonds. The molecule has 2 heterocycles. The molecular weight excluding hydrogens is 336 g/mol. The van der Waals surface area contributed by atoms with Gasteiger partial charge in [0.1, 0.15) is 12.5 Å². The lowest BCUT2D eigenvalue weighted by atomic mass is 9.64. The van der Waals surface area contributed by atoms with Gasteiger partial charge in [0.05, 0.1) is 6.04 Å².